The summed E-state index contributed by atoms with van der Waals surface area (Å²) >= 11 is 0. The number of rotatable bonds is 3. The summed E-state index contributed by atoms with van der Waals surface area (Å²) in [5.41, 5.74) is 0. The van der Waals surface area contributed by atoms with Crippen LogP contribution in [0, 0.1) is 5.92 Å². The summed E-state index contributed by atoms with van der Waals surface area (Å²) in [6.07, 6.45) is 4.47. The molecule has 3 nitrogen and oxygen atoms in total. The van der Waals surface area contributed by atoms with E-state index < -0.39 is 14.6 Å². The molecule has 2 saturated carbocycles. The first-order valence-electron chi connectivity index (χ1n) is 6.18. The van der Waals surface area contributed by atoms with Gasteiger partial charge in [-0.05, 0) is 44.9 Å². The highest BCUT2D eigenvalue weighted by Gasteiger charge is 2.59. The van der Waals surface area contributed by atoms with Crippen molar-refractivity contribution in [1.82, 2.24) is 0 Å². The van der Waals surface area contributed by atoms with Gasteiger partial charge in [0.1, 0.15) is 0 Å². The maximum Gasteiger partial charge on any atom is 0.158 e. The van der Waals surface area contributed by atoms with Crippen LogP contribution in [0.4, 0.5) is 0 Å². The molecule has 0 saturated heterocycles. The van der Waals surface area contributed by atoms with Gasteiger partial charge in [0.05, 0.1) is 16.1 Å². The van der Waals surface area contributed by atoms with E-state index in [1.165, 1.54) is 0 Å². The van der Waals surface area contributed by atoms with Crippen molar-refractivity contribution in [1.29, 1.82) is 0 Å². The van der Waals surface area contributed by atoms with E-state index in [2.05, 4.69) is 0 Å². The van der Waals surface area contributed by atoms with Crippen LogP contribution in [-0.4, -0.2) is 31.6 Å². The van der Waals surface area contributed by atoms with Gasteiger partial charge in [-0.2, -0.15) is 0 Å². The Kier molecular flexibility index (Phi) is 3.08. The predicted molar refractivity (Wildman–Crippen MR) is 64.2 cm³/mol. The minimum atomic E-state index is -2.92. The molecule has 2 aliphatic carbocycles. The molecular weight excluding hydrogens is 224 g/mol. The molecular formula is C12H22O3S. The molecule has 0 heterocycles. The van der Waals surface area contributed by atoms with E-state index in [9.17, 15) is 8.42 Å². The minimum Gasteiger partial charge on any atom is -0.381 e. The molecule has 2 aliphatic rings. The van der Waals surface area contributed by atoms with E-state index in [1.54, 1.807) is 7.11 Å². The normalized spacial score (nSPS) is 44.3. The van der Waals surface area contributed by atoms with Crippen LogP contribution < -0.4 is 0 Å². The molecule has 0 radical (unpaired) electrons. The van der Waals surface area contributed by atoms with Gasteiger partial charge >= 0.3 is 0 Å². The largest absolute Gasteiger partial charge is 0.381 e. The summed E-state index contributed by atoms with van der Waals surface area (Å²) in [6, 6.07) is 0. The summed E-state index contributed by atoms with van der Waals surface area (Å²) in [6.45, 7) is 3.95. The van der Waals surface area contributed by atoms with Crippen LogP contribution in [0.25, 0.3) is 0 Å². The maximum atomic E-state index is 12.4. The first-order valence-corrected chi connectivity index (χ1v) is 7.72. The van der Waals surface area contributed by atoms with Gasteiger partial charge in [0, 0.05) is 7.11 Å². The molecule has 2 fully saturated rings. The monoisotopic (exact) mass is 246 g/mol. The van der Waals surface area contributed by atoms with E-state index in [0.29, 0.717) is 5.92 Å². The van der Waals surface area contributed by atoms with Crippen LogP contribution in [0.5, 0.6) is 0 Å². The van der Waals surface area contributed by atoms with Gasteiger partial charge in [-0.1, -0.05) is 6.92 Å². The lowest BCUT2D eigenvalue weighted by Gasteiger charge is -2.29. The molecule has 2 atom stereocenters. The molecule has 0 aromatic heterocycles. The topological polar surface area (TPSA) is 43.4 Å². The third-order valence-electron chi connectivity index (χ3n) is 4.64. The lowest BCUT2D eigenvalue weighted by molar-refractivity contribution is 0.0716. The van der Waals surface area contributed by atoms with E-state index in [1.807, 2.05) is 13.8 Å². The fourth-order valence-electron chi connectivity index (χ4n) is 2.90. The number of methoxy groups -OCH3 is 1. The number of sulfone groups is 1. The van der Waals surface area contributed by atoms with Crippen molar-refractivity contribution in [2.24, 2.45) is 5.92 Å². The Morgan fingerprint density at radius 2 is 1.69 bits per heavy atom. The molecule has 1 unspecified atom stereocenters. The first kappa shape index (κ1) is 12.4. The average Bonchev–Trinajstić information content (AvgIpc) is 2.89. The Balaban J connectivity index is 2.04. The number of hydrogen-bond acceptors (Lipinski definition) is 3. The zero-order valence-electron chi connectivity index (χ0n) is 10.4. The highest BCUT2D eigenvalue weighted by atomic mass is 32.2. The second-order valence-electron chi connectivity index (χ2n) is 5.60. The first-order chi connectivity index (χ1) is 7.41. The molecule has 0 aromatic carbocycles. The van der Waals surface area contributed by atoms with Gasteiger partial charge in [-0.15, -0.1) is 0 Å². The Morgan fingerprint density at radius 1 is 1.19 bits per heavy atom. The Morgan fingerprint density at radius 3 is 2.06 bits per heavy atom. The molecule has 0 amide bonds. The lowest BCUT2D eigenvalue weighted by atomic mass is 9.97. The third kappa shape index (κ3) is 1.80. The average molecular weight is 246 g/mol. The molecule has 16 heavy (non-hydrogen) atoms. The highest BCUT2D eigenvalue weighted by Crippen LogP contribution is 2.52. The Bertz CT molecular complexity index is 354. The summed E-state index contributed by atoms with van der Waals surface area (Å²) in [4.78, 5) is 0. The molecule has 0 aliphatic heterocycles. The predicted octanol–water partition coefficient (Wildman–Crippen LogP) is 2.16. The van der Waals surface area contributed by atoms with Gasteiger partial charge in [0.2, 0.25) is 0 Å². The zero-order chi connectivity index (χ0) is 12.0. The minimum absolute atomic E-state index is 0.117. The van der Waals surface area contributed by atoms with E-state index in [0.717, 1.165) is 32.1 Å². The van der Waals surface area contributed by atoms with Crippen LogP contribution in [0.2, 0.25) is 0 Å². The maximum absolute atomic E-state index is 12.4. The lowest BCUT2D eigenvalue weighted by Crippen LogP contribution is -2.37. The number of ether oxygens (including phenoxy) is 1. The molecule has 94 valence electrons. The SMILES string of the molecule is CO[C@H]1CC[C@@H](S(=O)(=O)C2(C)C[C@@H]2C)CC1. The van der Waals surface area contributed by atoms with Gasteiger partial charge in [-0.25, -0.2) is 8.42 Å². The Labute approximate surface area is 98.5 Å². The second kappa shape index (κ2) is 3.98. The molecule has 0 N–H and O–H groups in total. The Hall–Kier alpha value is -0.0900. The third-order valence-corrected chi connectivity index (χ3v) is 7.86. The van der Waals surface area contributed by atoms with Crippen LogP contribution in [0.3, 0.4) is 0 Å². The van der Waals surface area contributed by atoms with Crippen molar-refractivity contribution in [3.05, 3.63) is 0 Å². The molecule has 0 bridgehead atoms. The summed E-state index contributed by atoms with van der Waals surface area (Å²) < 4.78 is 29.7. The van der Waals surface area contributed by atoms with Crippen molar-refractivity contribution in [2.45, 2.75) is 62.1 Å². The molecule has 4 heteroatoms. The summed E-state index contributed by atoms with van der Waals surface area (Å²) in [5, 5.41) is -0.117. The van der Waals surface area contributed by atoms with Gasteiger partial charge in [-0.3, -0.25) is 0 Å². The zero-order valence-corrected chi connectivity index (χ0v) is 11.2. The van der Waals surface area contributed by atoms with Crippen LogP contribution >= 0.6 is 0 Å². The van der Waals surface area contributed by atoms with Gasteiger partial charge in [0.25, 0.3) is 0 Å². The fourth-order valence-corrected chi connectivity index (χ4v) is 5.60. The van der Waals surface area contributed by atoms with E-state index in [4.69, 9.17) is 4.74 Å². The summed E-state index contributed by atoms with van der Waals surface area (Å²) in [7, 11) is -1.21. The van der Waals surface area contributed by atoms with Gasteiger partial charge in [0.15, 0.2) is 9.84 Å². The van der Waals surface area contributed by atoms with Gasteiger partial charge < -0.3 is 4.74 Å². The van der Waals surface area contributed by atoms with E-state index in [-0.39, 0.29) is 11.4 Å². The van der Waals surface area contributed by atoms with Crippen molar-refractivity contribution in [3.63, 3.8) is 0 Å². The highest BCUT2D eigenvalue weighted by molar-refractivity contribution is 7.93. The quantitative estimate of drug-likeness (QED) is 0.766. The number of hydrogen-bond donors (Lipinski definition) is 0. The second-order valence-corrected chi connectivity index (χ2v) is 8.29. The molecule has 0 aromatic rings. The van der Waals surface area contributed by atoms with Crippen molar-refractivity contribution in [2.75, 3.05) is 7.11 Å². The van der Waals surface area contributed by atoms with E-state index >= 15 is 0 Å². The summed E-state index contributed by atoms with van der Waals surface area (Å²) in [5.74, 6) is 0.345. The smallest absolute Gasteiger partial charge is 0.158 e. The molecule has 2 rings (SSSR count). The standard InChI is InChI=1S/C12H22O3S/c1-9-8-12(9,2)16(13,14)11-6-4-10(15-3)5-7-11/h9-11H,4-8H2,1-3H3/t9-,10-,11+,12?/m0/s1. The molecule has 0 spiro atoms. The van der Waals surface area contributed by atoms with Crippen LogP contribution in [0.1, 0.15) is 46.0 Å². The van der Waals surface area contributed by atoms with Crippen molar-refractivity contribution in [3.8, 4) is 0 Å². The van der Waals surface area contributed by atoms with Crippen molar-refractivity contribution < 1.29 is 13.2 Å². The van der Waals surface area contributed by atoms with Crippen LogP contribution in [0.15, 0.2) is 0 Å². The fraction of sp³-hybridized carbons (Fsp3) is 1.00. The van der Waals surface area contributed by atoms with Crippen molar-refractivity contribution >= 4 is 9.84 Å². The van der Waals surface area contributed by atoms with Crippen LogP contribution in [-0.2, 0) is 14.6 Å².